The van der Waals surface area contributed by atoms with Crippen molar-refractivity contribution >= 4 is 34.8 Å². The largest absolute Gasteiger partial charge is 0.325 e. The molecule has 0 fully saturated rings. The molecule has 0 bridgehead atoms. The Morgan fingerprint density at radius 2 is 1.74 bits per heavy atom. The lowest BCUT2D eigenvalue weighted by molar-refractivity contribution is -0.117. The maximum Gasteiger partial charge on any atom is 0.241 e. The van der Waals surface area contributed by atoms with Crippen LogP contribution >= 0.6 is 23.2 Å². The lowest BCUT2D eigenvalue weighted by Gasteiger charge is -2.12. The van der Waals surface area contributed by atoms with Crippen LogP contribution in [0.3, 0.4) is 0 Å². The number of nitrogens with two attached hydrogens (primary N) is 1. The van der Waals surface area contributed by atoms with E-state index in [1.54, 1.807) is 6.07 Å². The minimum absolute atomic E-state index is 0.152. The van der Waals surface area contributed by atoms with Gasteiger partial charge in [-0.05, 0) is 41.8 Å². The van der Waals surface area contributed by atoms with Gasteiger partial charge < -0.3 is 11.1 Å². The van der Waals surface area contributed by atoms with E-state index in [0.717, 1.165) is 29.7 Å². The van der Waals surface area contributed by atoms with Gasteiger partial charge in [0.1, 0.15) is 0 Å². The smallest absolute Gasteiger partial charge is 0.241 e. The van der Waals surface area contributed by atoms with Crippen LogP contribution in [-0.4, -0.2) is 11.9 Å². The highest BCUT2D eigenvalue weighted by molar-refractivity contribution is 6.42. The molecule has 0 aliphatic rings. The zero-order valence-electron chi connectivity index (χ0n) is 13.0. The number of hydrogen-bond donors (Lipinski definition) is 2. The molecule has 0 heterocycles. The number of carbonyl (C=O) groups is 1. The summed E-state index contributed by atoms with van der Waals surface area (Å²) in [5, 5.41) is 3.88. The van der Waals surface area contributed by atoms with Gasteiger partial charge in [-0.15, -0.1) is 0 Å². The summed E-state index contributed by atoms with van der Waals surface area (Å²) in [6, 6.07) is 12.6. The predicted molar refractivity (Wildman–Crippen MR) is 98.0 cm³/mol. The fourth-order valence-electron chi connectivity index (χ4n) is 2.21. The summed E-state index contributed by atoms with van der Waals surface area (Å²) >= 11 is 12.0. The van der Waals surface area contributed by atoms with Crippen molar-refractivity contribution < 1.29 is 4.79 Å². The zero-order valence-corrected chi connectivity index (χ0v) is 14.5. The van der Waals surface area contributed by atoms with Crippen LogP contribution in [0.5, 0.6) is 0 Å². The lowest BCUT2D eigenvalue weighted by Crippen LogP contribution is -2.35. The van der Waals surface area contributed by atoms with Gasteiger partial charge in [-0.3, -0.25) is 4.79 Å². The van der Waals surface area contributed by atoms with Crippen molar-refractivity contribution in [3.8, 4) is 11.1 Å². The van der Waals surface area contributed by atoms with Gasteiger partial charge in [0, 0.05) is 5.69 Å². The van der Waals surface area contributed by atoms with Crippen molar-refractivity contribution in [2.45, 2.75) is 32.2 Å². The Morgan fingerprint density at radius 1 is 1.09 bits per heavy atom. The maximum absolute atomic E-state index is 12.0. The first-order chi connectivity index (χ1) is 11.0. The molecule has 0 saturated heterocycles. The number of hydrogen-bond acceptors (Lipinski definition) is 2. The van der Waals surface area contributed by atoms with Gasteiger partial charge >= 0.3 is 0 Å². The number of amides is 1. The molecule has 3 nitrogen and oxygen atoms in total. The fraction of sp³-hybridized carbons (Fsp3) is 0.278. The summed E-state index contributed by atoms with van der Waals surface area (Å²) in [6.45, 7) is 2.08. The third kappa shape index (κ3) is 4.96. The third-order valence-electron chi connectivity index (χ3n) is 3.61. The molecule has 1 atom stereocenters. The molecular weight excluding hydrogens is 331 g/mol. The first kappa shape index (κ1) is 17.8. The maximum atomic E-state index is 12.0. The Hall–Kier alpha value is -1.55. The second-order valence-corrected chi connectivity index (χ2v) is 6.26. The van der Waals surface area contributed by atoms with E-state index >= 15 is 0 Å². The van der Waals surface area contributed by atoms with Crippen LogP contribution in [0.2, 0.25) is 10.0 Å². The van der Waals surface area contributed by atoms with Crippen LogP contribution in [-0.2, 0) is 4.79 Å². The van der Waals surface area contributed by atoms with Crippen LogP contribution in [0.25, 0.3) is 11.1 Å². The quantitative estimate of drug-likeness (QED) is 0.759. The number of unbranched alkanes of at least 4 members (excludes halogenated alkanes) is 1. The first-order valence-corrected chi connectivity index (χ1v) is 8.38. The zero-order chi connectivity index (χ0) is 16.8. The molecule has 0 aliphatic carbocycles. The number of rotatable bonds is 6. The second kappa shape index (κ2) is 8.34. The van der Waals surface area contributed by atoms with Crippen molar-refractivity contribution in [3.05, 3.63) is 52.5 Å². The molecule has 2 aromatic rings. The summed E-state index contributed by atoms with van der Waals surface area (Å²) < 4.78 is 0. The molecule has 0 saturated carbocycles. The van der Waals surface area contributed by atoms with Crippen molar-refractivity contribution in [2.24, 2.45) is 5.73 Å². The monoisotopic (exact) mass is 350 g/mol. The highest BCUT2D eigenvalue weighted by Crippen LogP contribution is 2.29. The molecule has 5 heteroatoms. The SMILES string of the molecule is CCCCC(N)C(=O)Nc1ccc(-c2ccc(Cl)c(Cl)c2)cc1. The minimum Gasteiger partial charge on any atom is -0.325 e. The van der Waals surface area contributed by atoms with E-state index < -0.39 is 6.04 Å². The van der Waals surface area contributed by atoms with Gasteiger partial charge in [-0.2, -0.15) is 0 Å². The number of nitrogens with one attached hydrogen (secondary N) is 1. The van der Waals surface area contributed by atoms with Crippen LogP contribution in [0.15, 0.2) is 42.5 Å². The number of halogens is 2. The highest BCUT2D eigenvalue weighted by atomic mass is 35.5. The molecule has 2 aromatic carbocycles. The normalized spacial score (nSPS) is 12.0. The second-order valence-electron chi connectivity index (χ2n) is 5.44. The average molecular weight is 351 g/mol. The minimum atomic E-state index is -0.468. The van der Waals surface area contributed by atoms with E-state index in [1.807, 2.05) is 36.4 Å². The Kier molecular flexibility index (Phi) is 6.46. The van der Waals surface area contributed by atoms with E-state index in [9.17, 15) is 4.79 Å². The van der Waals surface area contributed by atoms with Crippen molar-refractivity contribution in [2.75, 3.05) is 5.32 Å². The molecule has 1 unspecified atom stereocenters. The molecule has 122 valence electrons. The van der Waals surface area contributed by atoms with Crippen molar-refractivity contribution in [1.82, 2.24) is 0 Å². The Morgan fingerprint density at radius 3 is 2.35 bits per heavy atom. The predicted octanol–water partition coefficient (Wildman–Crippen LogP) is 5.12. The van der Waals surface area contributed by atoms with Crippen LogP contribution < -0.4 is 11.1 Å². The molecule has 0 spiro atoms. The summed E-state index contributed by atoms with van der Waals surface area (Å²) in [4.78, 5) is 12.0. The number of anilines is 1. The van der Waals surface area contributed by atoms with Crippen LogP contribution in [0, 0.1) is 0 Å². The molecule has 0 aliphatic heterocycles. The Balaban J connectivity index is 2.04. The number of benzene rings is 2. The van der Waals surface area contributed by atoms with Gasteiger partial charge in [0.2, 0.25) is 5.91 Å². The molecular formula is C18H20Cl2N2O. The summed E-state index contributed by atoms with van der Waals surface area (Å²) in [5.41, 5.74) is 8.56. The fourth-order valence-corrected chi connectivity index (χ4v) is 2.51. The Bertz CT molecular complexity index is 671. The molecule has 23 heavy (non-hydrogen) atoms. The van der Waals surface area contributed by atoms with E-state index in [0.29, 0.717) is 16.5 Å². The van der Waals surface area contributed by atoms with Gasteiger partial charge in [0.15, 0.2) is 0 Å². The third-order valence-corrected chi connectivity index (χ3v) is 4.35. The van der Waals surface area contributed by atoms with Crippen LogP contribution in [0.1, 0.15) is 26.2 Å². The summed E-state index contributed by atoms with van der Waals surface area (Å²) in [5.74, 6) is -0.152. The highest BCUT2D eigenvalue weighted by Gasteiger charge is 2.12. The van der Waals surface area contributed by atoms with Gasteiger partial charge in [0.25, 0.3) is 0 Å². The van der Waals surface area contributed by atoms with Gasteiger partial charge in [-0.1, -0.05) is 61.2 Å². The summed E-state index contributed by atoms with van der Waals surface area (Å²) in [6.07, 6.45) is 2.67. The van der Waals surface area contributed by atoms with E-state index in [4.69, 9.17) is 28.9 Å². The van der Waals surface area contributed by atoms with E-state index in [-0.39, 0.29) is 5.91 Å². The molecule has 3 N–H and O–H groups in total. The summed E-state index contributed by atoms with van der Waals surface area (Å²) in [7, 11) is 0. The Labute approximate surface area is 146 Å². The van der Waals surface area contributed by atoms with Crippen molar-refractivity contribution in [3.63, 3.8) is 0 Å². The molecule has 0 aromatic heterocycles. The lowest BCUT2D eigenvalue weighted by atomic mass is 10.1. The van der Waals surface area contributed by atoms with Crippen LogP contribution in [0.4, 0.5) is 5.69 Å². The van der Waals surface area contributed by atoms with Crippen molar-refractivity contribution in [1.29, 1.82) is 0 Å². The van der Waals surface area contributed by atoms with E-state index in [2.05, 4.69) is 12.2 Å². The first-order valence-electron chi connectivity index (χ1n) is 7.63. The standard InChI is InChI=1S/C18H20Cl2N2O/c1-2-3-4-17(21)18(23)22-14-8-5-12(6-9-14)13-7-10-15(19)16(20)11-13/h5-11,17H,2-4,21H2,1H3,(H,22,23). The number of carbonyl (C=O) groups excluding carboxylic acids is 1. The van der Waals surface area contributed by atoms with Gasteiger partial charge in [-0.25, -0.2) is 0 Å². The topological polar surface area (TPSA) is 55.1 Å². The average Bonchev–Trinajstić information content (AvgIpc) is 2.55. The molecule has 1 amide bonds. The van der Waals surface area contributed by atoms with E-state index in [1.165, 1.54) is 0 Å². The molecule has 0 radical (unpaired) electrons. The van der Waals surface area contributed by atoms with Gasteiger partial charge in [0.05, 0.1) is 16.1 Å². The molecule has 2 rings (SSSR count).